The SMILES string of the molecule is CCNCC(=O)NN1C(C)CCCC1C. The van der Waals surface area contributed by atoms with E-state index >= 15 is 0 Å². The molecular formula is C11H23N3O. The Bertz CT molecular complexity index is 198. The molecule has 0 aliphatic carbocycles. The second-order valence-electron chi connectivity index (χ2n) is 4.35. The van der Waals surface area contributed by atoms with Crippen molar-refractivity contribution in [3.8, 4) is 0 Å². The molecule has 15 heavy (non-hydrogen) atoms. The molecule has 0 radical (unpaired) electrons. The predicted octanol–water partition coefficient (Wildman–Crippen LogP) is 0.890. The minimum Gasteiger partial charge on any atom is -0.309 e. The molecule has 1 rings (SSSR count). The molecule has 1 aliphatic rings. The number of hydrogen-bond acceptors (Lipinski definition) is 3. The van der Waals surface area contributed by atoms with Crippen molar-refractivity contribution >= 4 is 5.91 Å². The zero-order valence-electron chi connectivity index (χ0n) is 10.0. The molecule has 88 valence electrons. The average Bonchev–Trinajstić information content (AvgIpc) is 2.21. The minimum absolute atomic E-state index is 0.0671. The van der Waals surface area contributed by atoms with Crippen LogP contribution in [0.2, 0.25) is 0 Å². The van der Waals surface area contributed by atoms with Crippen LogP contribution in [0.4, 0.5) is 0 Å². The largest absolute Gasteiger partial charge is 0.309 e. The van der Waals surface area contributed by atoms with E-state index in [0.717, 1.165) is 6.54 Å². The van der Waals surface area contributed by atoms with Crippen molar-refractivity contribution in [2.45, 2.75) is 52.1 Å². The Labute approximate surface area is 92.4 Å². The van der Waals surface area contributed by atoms with E-state index in [4.69, 9.17) is 0 Å². The van der Waals surface area contributed by atoms with Crippen LogP contribution in [-0.4, -0.2) is 36.1 Å². The monoisotopic (exact) mass is 213 g/mol. The molecule has 0 bridgehead atoms. The van der Waals surface area contributed by atoms with Gasteiger partial charge in [0.25, 0.3) is 0 Å². The molecule has 4 heteroatoms. The number of carbonyl (C=O) groups excluding carboxylic acids is 1. The van der Waals surface area contributed by atoms with Gasteiger partial charge < -0.3 is 5.32 Å². The van der Waals surface area contributed by atoms with Gasteiger partial charge in [-0.3, -0.25) is 10.2 Å². The van der Waals surface area contributed by atoms with Gasteiger partial charge in [0.1, 0.15) is 0 Å². The predicted molar refractivity (Wildman–Crippen MR) is 61.3 cm³/mol. The van der Waals surface area contributed by atoms with Crippen LogP contribution in [0.25, 0.3) is 0 Å². The molecule has 2 unspecified atom stereocenters. The van der Waals surface area contributed by atoms with E-state index in [1.165, 1.54) is 19.3 Å². The number of hydrazine groups is 1. The van der Waals surface area contributed by atoms with Crippen molar-refractivity contribution in [1.29, 1.82) is 0 Å². The van der Waals surface area contributed by atoms with Crippen molar-refractivity contribution in [1.82, 2.24) is 15.8 Å². The van der Waals surface area contributed by atoms with Gasteiger partial charge in [-0.25, -0.2) is 5.01 Å². The lowest BCUT2D eigenvalue weighted by molar-refractivity contribution is -0.128. The molecule has 0 aromatic rings. The molecule has 2 N–H and O–H groups in total. The summed E-state index contributed by atoms with van der Waals surface area (Å²) in [6.07, 6.45) is 3.61. The van der Waals surface area contributed by atoms with Gasteiger partial charge >= 0.3 is 0 Å². The summed E-state index contributed by atoms with van der Waals surface area (Å²) in [5, 5.41) is 5.13. The maximum absolute atomic E-state index is 11.5. The maximum Gasteiger partial charge on any atom is 0.248 e. The zero-order valence-corrected chi connectivity index (χ0v) is 10.0. The van der Waals surface area contributed by atoms with Crippen molar-refractivity contribution in [3.05, 3.63) is 0 Å². The third-order valence-electron chi connectivity index (χ3n) is 2.98. The Balaban J connectivity index is 2.37. The molecule has 1 aliphatic heterocycles. The van der Waals surface area contributed by atoms with Gasteiger partial charge in [0, 0.05) is 12.1 Å². The summed E-state index contributed by atoms with van der Waals surface area (Å²) in [7, 11) is 0. The highest BCUT2D eigenvalue weighted by atomic mass is 16.2. The molecule has 1 fully saturated rings. The Hall–Kier alpha value is -0.610. The van der Waals surface area contributed by atoms with Crippen molar-refractivity contribution in [2.24, 2.45) is 0 Å². The van der Waals surface area contributed by atoms with Gasteiger partial charge in [-0.2, -0.15) is 0 Å². The lowest BCUT2D eigenvalue weighted by atomic mass is 10.00. The lowest BCUT2D eigenvalue weighted by Crippen LogP contribution is -2.55. The summed E-state index contributed by atoms with van der Waals surface area (Å²) in [6, 6.07) is 0.915. The average molecular weight is 213 g/mol. The first-order chi connectivity index (χ1) is 7.15. The van der Waals surface area contributed by atoms with E-state index in [1.54, 1.807) is 0 Å². The Morgan fingerprint density at radius 2 is 1.93 bits per heavy atom. The fourth-order valence-electron chi connectivity index (χ4n) is 2.06. The van der Waals surface area contributed by atoms with Crippen LogP contribution in [0.5, 0.6) is 0 Å². The summed E-state index contributed by atoms with van der Waals surface area (Å²) in [5.74, 6) is 0.0671. The van der Waals surface area contributed by atoms with E-state index in [0.29, 0.717) is 18.6 Å². The number of amides is 1. The molecule has 0 saturated carbocycles. The van der Waals surface area contributed by atoms with Gasteiger partial charge in [-0.05, 0) is 33.2 Å². The molecule has 1 heterocycles. The lowest BCUT2D eigenvalue weighted by Gasteiger charge is -2.38. The fourth-order valence-corrected chi connectivity index (χ4v) is 2.06. The Kier molecular flexibility index (Phi) is 5.05. The Morgan fingerprint density at radius 1 is 1.33 bits per heavy atom. The number of hydrogen-bond donors (Lipinski definition) is 2. The van der Waals surface area contributed by atoms with E-state index in [9.17, 15) is 4.79 Å². The van der Waals surface area contributed by atoms with Crippen molar-refractivity contribution in [3.63, 3.8) is 0 Å². The van der Waals surface area contributed by atoms with Crippen molar-refractivity contribution in [2.75, 3.05) is 13.1 Å². The van der Waals surface area contributed by atoms with Crippen LogP contribution in [0.15, 0.2) is 0 Å². The van der Waals surface area contributed by atoms with Crippen molar-refractivity contribution < 1.29 is 4.79 Å². The number of rotatable bonds is 4. The van der Waals surface area contributed by atoms with Crippen LogP contribution < -0.4 is 10.7 Å². The third-order valence-corrected chi connectivity index (χ3v) is 2.98. The summed E-state index contributed by atoms with van der Waals surface area (Å²) < 4.78 is 0. The standard InChI is InChI=1S/C11H23N3O/c1-4-12-8-11(15)13-14-9(2)6-5-7-10(14)3/h9-10,12H,4-8H2,1-3H3,(H,13,15). The fraction of sp³-hybridized carbons (Fsp3) is 0.909. The number of piperidine rings is 1. The first-order valence-corrected chi connectivity index (χ1v) is 5.93. The Morgan fingerprint density at radius 3 is 2.47 bits per heavy atom. The molecule has 1 amide bonds. The second kappa shape index (κ2) is 6.08. The van der Waals surface area contributed by atoms with Crippen LogP contribution in [0, 0.1) is 0 Å². The molecule has 0 aromatic carbocycles. The molecule has 2 atom stereocenters. The van der Waals surface area contributed by atoms with Crippen LogP contribution >= 0.6 is 0 Å². The molecular weight excluding hydrogens is 190 g/mol. The van der Waals surface area contributed by atoms with Crippen LogP contribution in [-0.2, 0) is 4.79 Å². The first-order valence-electron chi connectivity index (χ1n) is 5.93. The number of carbonyl (C=O) groups is 1. The van der Waals surface area contributed by atoms with Crippen LogP contribution in [0.1, 0.15) is 40.0 Å². The quantitative estimate of drug-likeness (QED) is 0.729. The molecule has 1 saturated heterocycles. The number of nitrogens with one attached hydrogen (secondary N) is 2. The van der Waals surface area contributed by atoms with E-state index in [1.807, 2.05) is 6.92 Å². The van der Waals surface area contributed by atoms with Crippen LogP contribution in [0.3, 0.4) is 0 Å². The van der Waals surface area contributed by atoms with Gasteiger partial charge in [0.05, 0.1) is 6.54 Å². The topological polar surface area (TPSA) is 44.4 Å². The normalized spacial score (nSPS) is 27.7. The summed E-state index contributed by atoms with van der Waals surface area (Å²) in [6.45, 7) is 7.58. The van der Waals surface area contributed by atoms with Gasteiger partial charge in [-0.15, -0.1) is 0 Å². The minimum atomic E-state index is 0.0671. The van der Waals surface area contributed by atoms with E-state index in [-0.39, 0.29) is 5.91 Å². The van der Waals surface area contributed by atoms with Gasteiger partial charge in [0.15, 0.2) is 0 Å². The van der Waals surface area contributed by atoms with Gasteiger partial charge in [-0.1, -0.05) is 13.3 Å². The highest BCUT2D eigenvalue weighted by molar-refractivity contribution is 5.77. The number of nitrogens with zero attached hydrogens (tertiary/aromatic N) is 1. The molecule has 0 aromatic heterocycles. The molecule has 4 nitrogen and oxygen atoms in total. The van der Waals surface area contributed by atoms with Gasteiger partial charge in [0.2, 0.25) is 5.91 Å². The van der Waals surface area contributed by atoms with E-state index < -0.39 is 0 Å². The summed E-state index contributed by atoms with van der Waals surface area (Å²) in [5.41, 5.74) is 2.99. The number of likely N-dealkylation sites (N-methyl/N-ethyl adjacent to an activating group) is 1. The van der Waals surface area contributed by atoms with E-state index in [2.05, 4.69) is 29.6 Å². The smallest absolute Gasteiger partial charge is 0.248 e. The maximum atomic E-state index is 11.5. The summed E-state index contributed by atoms with van der Waals surface area (Å²) >= 11 is 0. The zero-order chi connectivity index (χ0) is 11.3. The second-order valence-corrected chi connectivity index (χ2v) is 4.35. The highest BCUT2D eigenvalue weighted by Gasteiger charge is 2.25. The molecule has 0 spiro atoms. The summed E-state index contributed by atoms with van der Waals surface area (Å²) in [4.78, 5) is 11.5. The first kappa shape index (κ1) is 12.5. The highest BCUT2D eigenvalue weighted by Crippen LogP contribution is 2.19. The third kappa shape index (κ3) is 3.80.